The van der Waals surface area contributed by atoms with Gasteiger partial charge in [0.25, 0.3) is 0 Å². The number of nitrogens with zero attached hydrogens (tertiary/aromatic N) is 4. The zero-order chi connectivity index (χ0) is 22.7. The minimum absolute atomic E-state index is 0.100. The number of nitrogens with one attached hydrogen (secondary N) is 1. The van der Waals surface area contributed by atoms with Gasteiger partial charge in [-0.2, -0.15) is 18.2 Å². The molecule has 0 amide bonds. The van der Waals surface area contributed by atoms with Gasteiger partial charge in [0, 0.05) is 18.5 Å². The van der Waals surface area contributed by atoms with E-state index < -0.39 is 12.4 Å². The molecule has 0 saturated carbocycles. The van der Waals surface area contributed by atoms with Crippen LogP contribution >= 0.6 is 0 Å². The Hall–Kier alpha value is -2.77. The van der Waals surface area contributed by atoms with Crippen molar-refractivity contribution >= 4 is 22.7 Å². The van der Waals surface area contributed by atoms with E-state index in [4.69, 9.17) is 4.74 Å². The highest BCUT2D eigenvalue weighted by Gasteiger charge is 2.39. The Kier molecular flexibility index (Phi) is 6.58. The number of fused-ring (bicyclic) bond motifs is 1. The van der Waals surface area contributed by atoms with Gasteiger partial charge in [0.1, 0.15) is 11.6 Å². The van der Waals surface area contributed by atoms with Crippen LogP contribution in [0.4, 0.5) is 24.9 Å². The summed E-state index contributed by atoms with van der Waals surface area (Å²) in [6, 6.07) is 3.27. The van der Waals surface area contributed by atoms with Crippen LogP contribution in [-0.4, -0.2) is 72.2 Å². The van der Waals surface area contributed by atoms with Crippen molar-refractivity contribution in [2.24, 2.45) is 0 Å². The molecule has 2 fully saturated rings. The highest BCUT2D eigenvalue weighted by Crippen LogP contribution is 2.32. The first-order valence-corrected chi connectivity index (χ1v) is 10.7. The average Bonchev–Trinajstić information content (AvgIpc) is 3.47. The Balaban J connectivity index is 1.74. The van der Waals surface area contributed by atoms with E-state index in [2.05, 4.69) is 32.0 Å². The number of benzene rings is 1. The molecule has 2 aliphatic heterocycles. The lowest BCUT2D eigenvalue weighted by molar-refractivity contribution is -0.194. The standard InChI is InChI=1S/C22H26F3N5O2/c1-32-18-14-16-17(13-15(18)7-6-10-29-8-2-3-9-29)26-21(30-11-4-5-12-30)28-19(16)27-20(31)22(23,24)25/h13-14,20,31H,2-5,8-12H2,1H3,(H,26,27,28). The molecule has 0 radical (unpaired) electrons. The fourth-order valence-electron chi connectivity index (χ4n) is 3.98. The molecule has 1 unspecified atom stereocenters. The third kappa shape index (κ3) is 5.00. The predicted octanol–water partition coefficient (Wildman–Crippen LogP) is 2.98. The van der Waals surface area contributed by atoms with Gasteiger partial charge in [-0.1, -0.05) is 11.8 Å². The molecule has 2 aliphatic rings. The Labute approximate surface area is 184 Å². The van der Waals surface area contributed by atoms with Crippen molar-refractivity contribution in [1.82, 2.24) is 14.9 Å². The first-order chi connectivity index (χ1) is 15.3. The van der Waals surface area contributed by atoms with Gasteiger partial charge in [-0.15, -0.1) is 0 Å². The topological polar surface area (TPSA) is 73.7 Å². The second-order valence-electron chi connectivity index (χ2n) is 8.01. The number of aromatic nitrogens is 2. The fourth-order valence-corrected chi connectivity index (χ4v) is 3.98. The van der Waals surface area contributed by atoms with E-state index in [1.807, 2.05) is 4.90 Å². The molecule has 0 spiro atoms. The molecule has 1 atom stereocenters. The number of alkyl halides is 3. The smallest absolute Gasteiger partial charge is 0.433 e. The number of ether oxygens (including phenoxy) is 1. The molecule has 2 saturated heterocycles. The van der Waals surface area contributed by atoms with Gasteiger partial charge in [-0.3, -0.25) is 4.90 Å². The average molecular weight is 449 g/mol. The van der Waals surface area contributed by atoms with E-state index in [-0.39, 0.29) is 5.82 Å². The number of likely N-dealkylation sites (tertiary alicyclic amines) is 1. The van der Waals surface area contributed by atoms with Crippen LogP contribution in [-0.2, 0) is 0 Å². The summed E-state index contributed by atoms with van der Waals surface area (Å²) in [5.41, 5.74) is 1.04. The number of aliphatic hydroxyl groups excluding tert-OH is 1. The molecule has 10 heteroatoms. The molecule has 1 aromatic carbocycles. The number of methoxy groups -OCH3 is 1. The van der Waals surface area contributed by atoms with E-state index in [0.717, 1.165) is 39.0 Å². The maximum absolute atomic E-state index is 13.0. The molecule has 4 rings (SSSR count). The second-order valence-corrected chi connectivity index (χ2v) is 8.01. The van der Waals surface area contributed by atoms with Crippen molar-refractivity contribution in [1.29, 1.82) is 0 Å². The van der Waals surface area contributed by atoms with Gasteiger partial charge < -0.3 is 20.1 Å². The molecular weight excluding hydrogens is 423 g/mol. The molecule has 172 valence electrons. The van der Waals surface area contributed by atoms with Gasteiger partial charge in [-0.25, -0.2) is 4.98 Å². The lowest BCUT2D eigenvalue weighted by Gasteiger charge is -2.21. The van der Waals surface area contributed by atoms with E-state index in [1.165, 1.54) is 20.0 Å². The summed E-state index contributed by atoms with van der Waals surface area (Å²) in [4.78, 5) is 13.1. The number of anilines is 2. The van der Waals surface area contributed by atoms with Gasteiger partial charge in [-0.05, 0) is 50.9 Å². The first kappa shape index (κ1) is 22.4. The van der Waals surface area contributed by atoms with Crippen molar-refractivity contribution in [3.8, 4) is 17.6 Å². The maximum atomic E-state index is 13.0. The highest BCUT2D eigenvalue weighted by atomic mass is 19.4. The SMILES string of the molecule is COc1cc2c(NC(O)C(F)(F)F)nc(N3CCCC3)nc2cc1C#CCN1CCCC1. The zero-order valence-corrected chi connectivity index (χ0v) is 17.9. The van der Waals surface area contributed by atoms with Crippen molar-refractivity contribution < 1.29 is 23.0 Å². The van der Waals surface area contributed by atoms with Crippen LogP contribution in [0.15, 0.2) is 12.1 Å². The summed E-state index contributed by atoms with van der Waals surface area (Å²) in [6.45, 7) is 4.17. The number of hydrogen-bond donors (Lipinski definition) is 2. The summed E-state index contributed by atoms with van der Waals surface area (Å²) in [6.07, 6.45) is -3.31. The molecular formula is C22H26F3N5O2. The van der Waals surface area contributed by atoms with Crippen LogP contribution < -0.4 is 15.0 Å². The van der Waals surface area contributed by atoms with Crippen LogP contribution in [0.5, 0.6) is 5.75 Å². The van der Waals surface area contributed by atoms with Gasteiger partial charge in [0.2, 0.25) is 12.2 Å². The molecule has 1 aromatic heterocycles. The van der Waals surface area contributed by atoms with Crippen molar-refractivity contribution in [3.05, 3.63) is 17.7 Å². The van der Waals surface area contributed by atoms with Crippen LogP contribution in [0.3, 0.4) is 0 Å². The molecule has 7 nitrogen and oxygen atoms in total. The summed E-state index contributed by atoms with van der Waals surface area (Å²) in [7, 11) is 1.48. The number of aliphatic hydroxyl groups is 1. The van der Waals surface area contributed by atoms with Crippen molar-refractivity contribution in [2.45, 2.75) is 38.1 Å². The Bertz CT molecular complexity index is 1020. The maximum Gasteiger partial charge on any atom is 0.433 e. The Morgan fingerprint density at radius 1 is 1.12 bits per heavy atom. The van der Waals surface area contributed by atoms with Crippen LogP contribution in [0.2, 0.25) is 0 Å². The summed E-state index contributed by atoms with van der Waals surface area (Å²) >= 11 is 0. The van der Waals surface area contributed by atoms with Gasteiger partial charge >= 0.3 is 6.18 Å². The lowest BCUT2D eigenvalue weighted by atomic mass is 10.1. The van der Waals surface area contributed by atoms with E-state index >= 15 is 0 Å². The fraction of sp³-hybridized carbons (Fsp3) is 0.545. The van der Waals surface area contributed by atoms with Gasteiger partial charge in [0.15, 0.2) is 0 Å². The molecule has 0 bridgehead atoms. The zero-order valence-electron chi connectivity index (χ0n) is 17.9. The van der Waals surface area contributed by atoms with Crippen LogP contribution in [0.1, 0.15) is 31.2 Å². The third-order valence-corrected chi connectivity index (χ3v) is 5.70. The van der Waals surface area contributed by atoms with Crippen LogP contribution in [0, 0.1) is 11.8 Å². The molecule has 2 N–H and O–H groups in total. The van der Waals surface area contributed by atoms with E-state index in [1.54, 1.807) is 12.1 Å². The summed E-state index contributed by atoms with van der Waals surface area (Å²) < 4.78 is 44.4. The van der Waals surface area contributed by atoms with E-state index in [9.17, 15) is 18.3 Å². The predicted molar refractivity (Wildman–Crippen MR) is 116 cm³/mol. The highest BCUT2D eigenvalue weighted by molar-refractivity contribution is 5.92. The normalized spacial score (nSPS) is 18.0. The molecule has 3 heterocycles. The van der Waals surface area contributed by atoms with Crippen LogP contribution in [0.25, 0.3) is 10.9 Å². The summed E-state index contributed by atoms with van der Waals surface area (Å²) in [5, 5.41) is 12.0. The van der Waals surface area contributed by atoms with E-state index in [0.29, 0.717) is 34.7 Å². The van der Waals surface area contributed by atoms with Crippen molar-refractivity contribution in [3.63, 3.8) is 0 Å². The quantitative estimate of drug-likeness (QED) is 0.537. The first-order valence-electron chi connectivity index (χ1n) is 10.7. The Morgan fingerprint density at radius 3 is 2.47 bits per heavy atom. The number of halogens is 3. The number of rotatable bonds is 5. The lowest BCUT2D eigenvalue weighted by Crippen LogP contribution is -2.36. The molecule has 32 heavy (non-hydrogen) atoms. The molecule has 2 aromatic rings. The minimum Gasteiger partial charge on any atom is -0.495 e. The second kappa shape index (κ2) is 9.38. The molecule has 0 aliphatic carbocycles. The Morgan fingerprint density at radius 2 is 1.81 bits per heavy atom. The largest absolute Gasteiger partial charge is 0.495 e. The summed E-state index contributed by atoms with van der Waals surface area (Å²) in [5.74, 6) is 6.91. The minimum atomic E-state index is -4.84. The number of hydrogen-bond acceptors (Lipinski definition) is 7. The monoisotopic (exact) mass is 449 g/mol. The van der Waals surface area contributed by atoms with Crippen molar-refractivity contribution in [2.75, 3.05) is 50.1 Å². The third-order valence-electron chi connectivity index (χ3n) is 5.70. The van der Waals surface area contributed by atoms with Gasteiger partial charge in [0.05, 0.1) is 24.7 Å².